The van der Waals surface area contributed by atoms with Crippen molar-refractivity contribution in [3.63, 3.8) is 0 Å². The Morgan fingerprint density at radius 3 is 1.71 bits per heavy atom. The molecular weight excluding hydrogens is 617 g/mol. The van der Waals surface area contributed by atoms with Gasteiger partial charge in [0, 0.05) is 28.9 Å². The summed E-state index contributed by atoms with van der Waals surface area (Å²) in [6.07, 6.45) is 2.21. The summed E-state index contributed by atoms with van der Waals surface area (Å²) in [5.74, 6) is 0. The highest BCUT2D eigenvalue weighted by Gasteiger charge is 2.52. The van der Waals surface area contributed by atoms with E-state index in [0.29, 0.717) is 0 Å². The number of aromatic nitrogens is 1. The molecule has 238 valence electrons. The monoisotopic (exact) mass is 648 g/mol. The molecule has 0 fully saturated rings. The maximum absolute atomic E-state index is 2.47. The van der Waals surface area contributed by atoms with E-state index in [1.807, 2.05) is 0 Å². The van der Waals surface area contributed by atoms with Gasteiger partial charge in [-0.2, -0.15) is 0 Å². The van der Waals surface area contributed by atoms with Crippen molar-refractivity contribution in [1.82, 2.24) is 4.57 Å². The molecule has 0 saturated heterocycles. The highest BCUT2D eigenvalue weighted by Crippen LogP contribution is 2.63. The third-order valence-corrected chi connectivity index (χ3v) is 11.2. The fraction of sp³-hybridized carbons (Fsp3) is 0.0204. The SMILES string of the molecule is c1ccc(N(c2ccc3c(c2)C2(c4ccccc4-c4ccccc42)c2cc(-n4ccc5ccccc54)ccc2-3)c2ccc3ccccc3c2)cc1. The lowest BCUT2D eigenvalue weighted by molar-refractivity contribution is 0.792. The van der Waals surface area contributed by atoms with Gasteiger partial charge in [-0.3, -0.25) is 0 Å². The summed E-state index contributed by atoms with van der Waals surface area (Å²) in [4.78, 5) is 2.41. The van der Waals surface area contributed by atoms with Crippen molar-refractivity contribution in [1.29, 1.82) is 0 Å². The first-order chi connectivity index (χ1) is 25.3. The zero-order valence-electron chi connectivity index (χ0n) is 27.9. The van der Waals surface area contributed by atoms with Gasteiger partial charge in [-0.15, -0.1) is 0 Å². The number of benzene rings is 8. The van der Waals surface area contributed by atoms with Crippen LogP contribution in [0.5, 0.6) is 0 Å². The van der Waals surface area contributed by atoms with Crippen molar-refractivity contribution in [3.05, 3.63) is 217 Å². The first-order valence-corrected chi connectivity index (χ1v) is 17.7. The molecule has 2 heteroatoms. The normalized spacial score (nSPS) is 13.3. The van der Waals surface area contributed by atoms with Crippen LogP contribution in [0.1, 0.15) is 22.3 Å². The van der Waals surface area contributed by atoms with Gasteiger partial charge in [0.25, 0.3) is 0 Å². The molecule has 1 heterocycles. The van der Waals surface area contributed by atoms with Gasteiger partial charge >= 0.3 is 0 Å². The summed E-state index contributed by atoms with van der Waals surface area (Å²) in [5, 5.41) is 3.71. The Hall–Kier alpha value is -6.64. The molecule has 0 bridgehead atoms. The minimum absolute atomic E-state index is 0.474. The van der Waals surface area contributed by atoms with Crippen molar-refractivity contribution in [2.24, 2.45) is 0 Å². The Bertz CT molecular complexity index is 2780. The number of anilines is 3. The smallest absolute Gasteiger partial charge is 0.0727 e. The van der Waals surface area contributed by atoms with Crippen molar-refractivity contribution < 1.29 is 0 Å². The lowest BCUT2D eigenvalue weighted by Gasteiger charge is -2.32. The van der Waals surface area contributed by atoms with E-state index < -0.39 is 5.41 Å². The predicted molar refractivity (Wildman–Crippen MR) is 212 cm³/mol. The summed E-state index contributed by atoms with van der Waals surface area (Å²) in [5.41, 5.74) is 15.9. The zero-order valence-corrected chi connectivity index (χ0v) is 27.9. The van der Waals surface area contributed by atoms with E-state index in [-0.39, 0.29) is 0 Å². The van der Waals surface area contributed by atoms with Gasteiger partial charge in [0.05, 0.1) is 10.9 Å². The van der Waals surface area contributed by atoms with Crippen LogP contribution in [-0.2, 0) is 5.41 Å². The third-order valence-electron chi connectivity index (χ3n) is 11.2. The average Bonchev–Trinajstić information content (AvgIpc) is 3.85. The van der Waals surface area contributed by atoms with E-state index in [0.717, 1.165) is 17.1 Å². The molecule has 11 rings (SSSR count). The maximum Gasteiger partial charge on any atom is 0.0727 e. The lowest BCUT2D eigenvalue weighted by Crippen LogP contribution is -2.26. The Labute approximate surface area is 297 Å². The van der Waals surface area contributed by atoms with Crippen LogP contribution in [0.2, 0.25) is 0 Å². The van der Waals surface area contributed by atoms with Crippen LogP contribution in [-0.4, -0.2) is 4.57 Å². The molecule has 8 aromatic carbocycles. The van der Waals surface area contributed by atoms with Crippen molar-refractivity contribution >= 4 is 38.7 Å². The highest BCUT2D eigenvalue weighted by molar-refractivity contribution is 5.97. The number of rotatable bonds is 4. The standard InChI is InChI=1S/C49H32N2/c1-2-15-36(16-3-1)51(38-23-22-33-12-4-5-14-35(33)30-38)39-25-27-43-42-26-24-37(50-29-28-34-13-6-11-21-48(34)50)31-46(42)49(47(43)32-39)44-19-9-7-17-40(44)41-18-8-10-20-45(41)49/h1-32H. The molecule has 2 aliphatic rings. The van der Waals surface area contributed by atoms with Crippen LogP contribution in [0.25, 0.3) is 49.6 Å². The van der Waals surface area contributed by atoms with E-state index >= 15 is 0 Å². The van der Waals surface area contributed by atoms with Crippen LogP contribution >= 0.6 is 0 Å². The largest absolute Gasteiger partial charge is 0.317 e. The van der Waals surface area contributed by atoms with Gasteiger partial charge < -0.3 is 9.47 Å². The Kier molecular flexibility index (Phi) is 5.91. The predicted octanol–water partition coefficient (Wildman–Crippen LogP) is 12.6. The number of fused-ring (bicyclic) bond motifs is 12. The summed E-state index contributed by atoms with van der Waals surface area (Å²) >= 11 is 0. The van der Waals surface area contributed by atoms with Gasteiger partial charge in [-0.25, -0.2) is 0 Å². The second-order valence-corrected chi connectivity index (χ2v) is 13.7. The molecule has 1 aromatic heterocycles. The molecule has 2 nitrogen and oxygen atoms in total. The minimum atomic E-state index is -0.474. The summed E-state index contributed by atoms with van der Waals surface area (Å²) < 4.78 is 2.33. The lowest BCUT2D eigenvalue weighted by atomic mass is 9.70. The van der Waals surface area contributed by atoms with Crippen LogP contribution in [0.4, 0.5) is 17.1 Å². The quantitative estimate of drug-likeness (QED) is 0.184. The molecule has 0 aliphatic heterocycles. The van der Waals surface area contributed by atoms with Crippen LogP contribution in [0.15, 0.2) is 194 Å². The number of para-hydroxylation sites is 2. The molecule has 1 spiro atoms. The molecule has 51 heavy (non-hydrogen) atoms. The number of hydrogen-bond donors (Lipinski definition) is 0. The summed E-state index contributed by atoms with van der Waals surface area (Å²) in [6.45, 7) is 0. The molecule has 0 amide bonds. The molecule has 0 saturated carbocycles. The van der Waals surface area contributed by atoms with E-state index in [1.54, 1.807) is 0 Å². The van der Waals surface area contributed by atoms with Gasteiger partial charge in [0.15, 0.2) is 0 Å². The molecule has 0 N–H and O–H groups in total. The Balaban J connectivity index is 1.20. The number of hydrogen-bond acceptors (Lipinski definition) is 1. The molecule has 0 unspecified atom stereocenters. The van der Waals surface area contributed by atoms with Gasteiger partial charge in [-0.05, 0) is 121 Å². The fourth-order valence-corrected chi connectivity index (χ4v) is 9.05. The Morgan fingerprint density at radius 1 is 0.353 bits per heavy atom. The number of nitrogens with zero attached hydrogens (tertiary/aromatic N) is 2. The second kappa shape index (κ2) is 10.7. The highest BCUT2D eigenvalue weighted by atomic mass is 15.1. The molecule has 9 aromatic rings. The molecule has 2 aliphatic carbocycles. The minimum Gasteiger partial charge on any atom is -0.317 e. The van der Waals surface area contributed by atoms with Crippen molar-refractivity contribution in [3.8, 4) is 27.9 Å². The van der Waals surface area contributed by atoms with E-state index in [4.69, 9.17) is 0 Å². The zero-order chi connectivity index (χ0) is 33.5. The first-order valence-electron chi connectivity index (χ1n) is 17.7. The summed E-state index contributed by atoms with van der Waals surface area (Å²) in [7, 11) is 0. The van der Waals surface area contributed by atoms with Gasteiger partial charge in [-0.1, -0.05) is 127 Å². The van der Waals surface area contributed by atoms with Crippen molar-refractivity contribution in [2.75, 3.05) is 4.90 Å². The second-order valence-electron chi connectivity index (χ2n) is 13.7. The van der Waals surface area contributed by atoms with Crippen LogP contribution in [0, 0.1) is 0 Å². The average molecular weight is 649 g/mol. The van der Waals surface area contributed by atoms with Crippen LogP contribution in [0.3, 0.4) is 0 Å². The van der Waals surface area contributed by atoms with Gasteiger partial charge in [0.2, 0.25) is 0 Å². The van der Waals surface area contributed by atoms with E-state index in [2.05, 4.69) is 204 Å². The van der Waals surface area contributed by atoms with Gasteiger partial charge in [0.1, 0.15) is 0 Å². The first kappa shape index (κ1) is 28.2. The third kappa shape index (κ3) is 3.93. The summed E-state index contributed by atoms with van der Waals surface area (Å²) in [6, 6.07) is 69.4. The fourth-order valence-electron chi connectivity index (χ4n) is 9.05. The molecule has 0 radical (unpaired) electrons. The maximum atomic E-state index is 2.47. The Morgan fingerprint density at radius 2 is 0.922 bits per heavy atom. The van der Waals surface area contributed by atoms with Crippen molar-refractivity contribution in [2.45, 2.75) is 5.41 Å². The topological polar surface area (TPSA) is 8.17 Å². The molecule has 0 atom stereocenters. The van der Waals surface area contributed by atoms with Crippen LogP contribution < -0.4 is 4.90 Å². The molecular formula is C49H32N2. The van der Waals surface area contributed by atoms with E-state index in [1.165, 1.54) is 71.9 Å². The van der Waals surface area contributed by atoms with E-state index in [9.17, 15) is 0 Å².